The molecule has 0 amide bonds. The SMILES string of the molecule is CC(C)Oc1cncc(S(=O)(=O)N[C@]23CCC[C@H]2CNC3)c1. The fraction of sp³-hybridized carbons (Fsp3) is 0.667. The summed E-state index contributed by atoms with van der Waals surface area (Å²) in [6.07, 6.45) is 5.92. The second-order valence-electron chi connectivity index (χ2n) is 6.50. The first kappa shape index (κ1) is 15.7. The second-order valence-corrected chi connectivity index (χ2v) is 8.19. The molecule has 6 nitrogen and oxygen atoms in total. The molecule has 0 unspecified atom stereocenters. The molecule has 2 aliphatic rings. The monoisotopic (exact) mass is 325 g/mol. The summed E-state index contributed by atoms with van der Waals surface area (Å²) in [6.45, 7) is 5.38. The third kappa shape index (κ3) is 2.98. The normalized spacial score (nSPS) is 28.0. The molecule has 2 atom stereocenters. The lowest BCUT2D eigenvalue weighted by atomic mass is 9.92. The maximum atomic E-state index is 12.7. The zero-order chi connectivity index (χ0) is 15.8. The Morgan fingerprint density at radius 3 is 3.05 bits per heavy atom. The molecule has 3 rings (SSSR count). The van der Waals surface area contributed by atoms with Gasteiger partial charge in [0.25, 0.3) is 0 Å². The maximum Gasteiger partial charge on any atom is 0.242 e. The van der Waals surface area contributed by atoms with Gasteiger partial charge in [-0.3, -0.25) is 4.98 Å². The minimum absolute atomic E-state index is 0.0236. The molecule has 1 aliphatic heterocycles. The molecule has 0 aromatic carbocycles. The van der Waals surface area contributed by atoms with Gasteiger partial charge in [-0.2, -0.15) is 0 Å². The Kier molecular flexibility index (Phi) is 4.13. The summed E-state index contributed by atoms with van der Waals surface area (Å²) in [7, 11) is -3.60. The molecule has 0 spiro atoms. The van der Waals surface area contributed by atoms with Crippen LogP contribution in [0.3, 0.4) is 0 Å². The average molecular weight is 325 g/mol. The standard InChI is InChI=1S/C15H23N3O3S/c1-11(2)21-13-6-14(9-16-8-13)22(19,20)18-15-5-3-4-12(15)7-17-10-15/h6,8-9,11-12,17-18H,3-5,7,10H2,1-2H3/t12-,15-/m0/s1. The van der Waals surface area contributed by atoms with Crippen LogP contribution in [0.25, 0.3) is 0 Å². The van der Waals surface area contributed by atoms with Gasteiger partial charge in [0.1, 0.15) is 10.6 Å². The summed E-state index contributed by atoms with van der Waals surface area (Å²) in [5.41, 5.74) is -0.340. The number of nitrogens with zero attached hydrogens (tertiary/aromatic N) is 1. The predicted octanol–water partition coefficient (Wildman–Crippen LogP) is 1.29. The molecule has 2 fully saturated rings. The number of aromatic nitrogens is 1. The van der Waals surface area contributed by atoms with Crippen LogP contribution in [0.4, 0.5) is 0 Å². The lowest BCUT2D eigenvalue weighted by Gasteiger charge is -2.29. The Labute approximate surface area is 131 Å². The highest BCUT2D eigenvalue weighted by Crippen LogP contribution is 2.39. The lowest BCUT2D eigenvalue weighted by molar-refractivity contribution is 0.240. The van der Waals surface area contributed by atoms with E-state index < -0.39 is 10.0 Å². The van der Waals surface area contributed by atoms with E-state index in [4.69, 9.17) is 4.74 Å². The van der Waals surface area contributed by atoms with Crippen molar-refractivity contribution in [3.63, 3.8) is 0 Å². The molecule has 7 heteroatoms. The van der Waals surface area contributed by atoms with E-state index in [-0.39, 0.29) is 16.5 Å². The Hall–Kier alpha value is -1.18. The van der Waals surface area contributed by atoms with Gasteiger partial charge >= 0.3 is 0 Å². The van der Waals surface area contributed by atoms with Gasteiger partial charge in [0.05, 0.1) is 12.3 Å². The quantitative estimate of drug-likeness (QED) is 0.853. The Bertz CT molecular complexity index is 635. The van der Waals surface area contributed by atoms with Crippen molar-refractivity contribution in [3.8, 4) is 5.75 Å². The molecule has 1 saturated carbocycles. The van der Waals surface area contributed by atoms with Crippen molar-refractivity contribution in [1.29, 1.82) is 0 Å². The van der Waals surface area contributed by atoms with Crippen molar-refractivity contribution in [2.24, 2.45) is 5.92 Å². The molecular weight excluding hydrogens is 302 g/mol. The van der Waals surface area contributed by atoms with E-state index in [9.17, 15) is 8.42 Å². The Morgan fingerprint density at radius 2 is 2.27 bits per heavy atom. The van der Waals surface area contributed by atoms with E-state index >= 15 is 0 Å². The summed E-state index contributed by atoms with van der Waals surface area (Å²) >= 11 is 0. The molecule has 1 aromatic rings. The number of rotatable bonds is 5. The smallest absolute Gasteiger partial charge is 0.242 e. The molecule has 122 valence electrons. The van der Waals surface area contributed by atoms with Crippen LogP contribution in [-0.2, 0) is 10.0 Å². The van der Waals surface area contributed by atoms with E-state index in [1.165, 1.54) is 18.5 Å². The van der Waals surface area contributed by atoms with Crippen molar-refractivity contribution in [3.05, 3.63) is 18.5 Å². The first-order valence-corrected chi connectivity index (χ1v) is 9.26. The van der Waals surface area contributed by atoms with E-state index in [0.29, 0.717) is 18.2 Å². The lowest BCUT2D eigenvalue weighted by Crippen LogP contribution is -2.51. The molecule has 1 aliphatic carbocycles. The van der Waals surface area contributed by atoms with Gasteiger partial charge in [0, 0.05) is 24.3 Å². The molecular formula is C15H23N3O3S. The average Bonchev–Trinajstić information content (AvgIpc) is 2.96. The van der Waals surface area contributed by atoms with Gasteiger partial charge in [-0.15, -0.1) is 0 Å². The molecule has 0 bridgehead atoms. The van der Waals surface area contributed by atoms with Gasteiger partial charge in [-0.25, -0.2) is 13.1 Å². The fourth-order valence-corrected chi connectivity index (χ4v) is 4.99. The van der Waals surface area contributed by atoms with Crippen LogP contribution in [-0.4, -0.2) is 38.1 Å². The molecule has 1 aromatic heterocycles. The van der Waals surface area contributed by atoms with E-state index in [0.717, 1.165) is 25.8 Å². The zero-order valence-electron chi connectivity index (χ0n) is 13.0. The highest BCUT2D eigenvalue weighted by atomic mass is 32.2. The van der Waals surface area contributed by atoms with Crippen LogP contribution >= 0.6 is 0 Å². The number of nitrogens with one attached hydrogen (secondary N) is 2. The van der Waals surface area contributed by atoms with Gasteiger partial charge < -0.3 is 10.1 Å². The second kappa shape index (κ2) is 5.79. The maximum absolute atomic E-state index is 12.7. The van der Waals surface area contributed by atoms with Crippen LogP contribution in [0.1, 0.15) is 33.1 Å². The van der Waals surface area contributed by atoms with Crippen LogP contribution in [0.5, 0.6) is 5.75 Å². The number of sulfonamides is 1. The number of ether oxygens (including phenoxy) is 1. The van der Waals surface area contributed by atoms with Crippen LogP contribution in [0.2, 0.25) is 0 Å². The first-order valence-electron chi connectivity index (χ1n) is 7.78. The number of fused-ring (bicyclic) bond motifs is 1. The number of hydrogen-bond acceptors (Lipinski definition) is 5. The van der Waals surface area contributed by atoms with Crippen molar-refractivity contribution < 1.29 is 13.2 Å². The molecule has 0 radical (unpaired) electrons. The van der Waals surface area contributed by atoms with Gasteiger partial charge in [-0.05, 0) is 39.2 Å². The summed E-state index contributed by atoms with van der Waals surface area (Å²) < 4.78 is 33.9. The van der Waals surface area contributed by atoms with Crippen LogP contribution in [0.15, 0.2) is 23.4 Å². The molecule has 22 heavy (non-hydrogen) atoms. The Morgan fingerprint density at radius 1 is 1.45 bits per heavy atom. The molecule has 2 heterocycles. The van der Waals surface area contributed by atoms with Crippen molar-refractivity contribution in [2.45, 2.75) is 49.6 Å². The fourth-order valence-electron chi connectivity index (χ4n) is 3.52. The highest BCUT2D eigenvalue weighted by molar-refractivity contribution is 7.89. The van der Waals surface area contributed by atoms with Crippen LogP contribution < -0.4 is 14.8 Å². The molecule has 1 saturated heterocycles. The zero-order valence-corrected chi connectivity index (χ0v) is 13.8. The minimum Gasteiger partial charge on any atom is -0.489 e. The van der Waals surface area contributed by atoms with E-state index in [1.54, 1.807) is 0 Å². The third-order valence-electron chi connectivity index (χ3n) is 4.50. The van der Waals surface area contributed by atoms with Gasteiger partial charge in [0.2, 0.25) is 10.0 Å². The predicted molar refractivity (Wildman–Crippen MR) is 83.3 cm³/mol. The van der Waals surface area contributed by atoms with Gasteiger partial charge in [-0.1, -0.05) is 6.42 Å². The largest absolute Gasteiger partial charge is 0.489 e. The third-order valence-corrected chi connectivity index (χ3v) is 6.02. The highest BCUT2D eigenvalue weighted by Gasteiger charge is 2.48. The van der Waals surface area contributed by atoms with Crippen LogP contribution in [0, 0.1) is 5.92 Å². The summed E-state index contributed by atoms with van der Waals surface area (Å²) in [4.78, 5) is 4.17. The first-order chi connectivity index (χ1) is 10.4. The minimum atomic E-state index is -3.60. The Balaban J connectivity index is 1.84. The van der Waals surface area contributed by atoms with Crippen molar-refractivity contribution in [2.75, 3.05) is 13.1 Å². The summed E-state index contributed by atoms with van der Waals surface area (Å²) in [5.74, 6) is 0.855. The number of hydrogen-bond donors (Lipinski definition) is 2. The van der Waals surface area contributed by atoms with Crippen molar-refractivity contribution >= 4 is 10.0 Å². The van der Waals surface area contributed by atoms with E-state index in [1.807, 2.05) is 13.8 Å². The van der Waals surface area contributed by atoms with E-state index in [2.05, 4.69) is 15.0 Å². The summed E-state index contributed by atoms with van der Waals surface area (Å²) in [5, 5.41) is 3.31. The van der Waals surface area contributed by atoms with Gasteiger partial charge in [0.15, 0.2) is 0 Å². The topological polar surface area (TPSA) is 80.3 Å². The summed E-state index contributed by atoms with van der Waals surface area (Å²) in [6, 6.07) is 1.54. The van der Waals surface area contributed by atoms with Crippen molar-refractivity contribution in [1.82, 2.24) is 15.0 Å². The molecule has 2 N–H and O–H groups in total. The number of pyridine rings is 1.